The van der Waals surface area contributed by atoms with E-state index >= 15 is 0 Å². The molecule has 4 rings (SSSR count). The number of hydrogen-bond acceptors (Lipinski definition) is 9. The van der Waals surface area contributed by atoms with Gasteiger partial charge in [-0.2, -0.15) is 0 Å². The molecule has 3 heterocycles. The van der Waals surface area contributed by atoms with E-state index in [-0.39, 0.29) is 6.61 Å². The number of ether oxygens (including phenoxy) is 1. The summed E-state index contributed by atoms with van der Waals surface area (Å²) in [7, 11) is 3.84. The zero-order valence-electron chi connectivity index (χ0n) is 16.5. The first kappa shape index (κ1) is 20.5. The number of carbonyl (C=O) groups excluding carboxylic acids is 2. The second-order valence-corrected chi connectivity index (χ2v) is 9.73. The van der Waals surface area contributed by atoms with Crippen molar-refractivity contribution in [3.8, 4) is 11.3 Å². The highest BCUT2D eigenvalue weighted by Crippen LogP contribution is 2.34. The largest absolute Gasteiger partial charge is 0.451 e. The molecule has 0 aliphatic heterocycles. The number of benzene rings is 1. The van der Waals surface area contributed by atoms with Crippen LogP contribution in [0.1, 0.15) is 14.7 Å². The Hall–Kier alpha value is -2.82. The Morgan fingerprint density at radius 2 is 2.00 bits per heavy atom. The third-order valence-corrected chi connectivity index (χ3v) is 7.14. The molecule has 0 bridgehead atoms. The van der Waals surface area contributed by atoms with E-state index in [2.05, 4.69) is 15.3 Å². The Morgan fingerprint density at radius 1 is 1.17 bits per heavy atom. The molecule has 0 saturated heterocycles. The highest BCUT2D eigenvalue weighted by atomic mass is 32.1. The van der Waals surface area contributed by atoms with Crippen molar-refractivity contribution in [3.63, 3.8) is 0 Å². The summed E-state index contributed by atoms with van der Waals surface area (Å²) in [5.74, 6) is -0.931. The Kier molecular flexibility index (Phi) is 5.80. The quantitative estimate of drug-likeness (QED) is 0.423. The van der Waals surface area contributed by atoms with Gasteiger partial charge >= 0.3 is 5.97 Å². The maximum Gasteiger partial charge on any atom is 0.348 e. The zero-order chi connectivity index (χ0) is 21.3. The van der Waals surface area contributed by atoms with Crippen LogP contribution in [0.3, 0.4) is 0 Å². The summed E-state index contributed by atoms with van der Waals surface area (Å²) in [5.41, 5.74) is 2.40. The van der Waals surface area contributed by atoms with E-state index in [0.717, 1.165) is 30.9 Å². The van der Waals surface area contributed by atoms with Gasteiger partial charge in [0.15, 0.2) is 11.7 Å². The number of anilines is 2. The maximum atomic E-state index is 12.3. The third-order valence-electron chi connectivity index (χ3n) is 4.06. The number of nitrogens with one attached hydrogen (secondary N) is 1. The van der Waals surface area contributed by atoms with Gasteiger partial charge in [-0.25, -0.2) is 14.8 Å². The van der Waals surface area contributed by atoms with Gasteiger partial charge in [0.05, 0.1) is 15.4 Å². The van der Waals surface area contributed by atoms with E-state index in [9.17, 15) is 9.59 Å². The van der Waals surface area contributed by atoms with Gasteiger partial charge in [-0.3, -0.25) is 4.79 Å². The predicted molar refractivity (Wildman–Crippen MR) is 123 cm³/mol. The smallest absolute Gasteiger partial charge is 0.348 e. The first-order valence-electron chi connectivity index (χ1n) is 8.96. The SMILES string of the molecule is Cc1nc(-c2cccc(NC(=O)COC(=O)c3cc4sc(N(C)C)nc4s3)c2)cs1. The molecule has 0 spiro atoms. The van der Waals surface area contributed by atoms with Crippen LogP contribution in [0.4, 0.5) is 10.8 Å². The minimum atomic E-state index is -0.529. The van der Waals surface area contributed by atoms with Crippen LogP contribution in [0.15, 0.2) is 35.7 Å². The summed E-state index contributed by atoms with van der Waals surface area (Å²) in [5, 5.41) is 6.59. The van der Waals surface area contributed by atoms with E-state index in [1.165, 1.54) is 22.7 Å². The number of hydrogen-bond donors (Lipinski definition) is 1. The van der Waals surface area contributed by atoms with Crippen LogP contribution in [0.2, 0.25) is 0 Å². The van der Waals surface area contributed by atoms with E-state index < -0.39 is 11.9 Å². The number of fused-ring (bicyclic) bond motifs is 1. The molecule has 1 N–H and O–H groups in total. The fraction of sp³-hybridized carbons (Fsp3) is 0.200. The van der Waals surface area contributed by atoms with Crippen LogP contribution < -0.4 is 10.2 Å². The van der Waals surface area contributed by atoms with Gasteiger partial charge in [0.1, 0.15) is 9.71 Å². The summed E-state index contributed by atoms with van der Waals surface area (Å²) < 4.78 is 6.10. The molecular formula is C20H18N4O3S3. The monoisotopic (exact) mass is 458 g/mol. The molecule has 30 heavy (non-hydrogen) atoms. The van der Waals surface area contributed by atoms with Crippen molar-refractivity contribution in [3.05, 3.63) is 45.6 Å². The fourth-order valence-electron chi connectivity index (χ4n) is 2.67. The van der Waals surface area contributed by atoms with Gasteiger partial charge in [-0.15, -0.1) is 22.7 Å². The average molecular weight is 459 g/mol. The lowest BCUT2D eigenvalue weighted by molar-refractivity contribution is -0.119. The molecule has 0 aliphatic rings. The van der Waals surface area contributed by atoms with Crippen molar-refractivity contribution in [1.82, 2.24) is 9.97 Å². The Bertz CT molecular complexity index is 1190. The van der Waals surface area contributed by atoms with Gasteiger partial charge in [0.25, 0.3) is 5.91 Å². The number of thiophene rings is 1. The first-order valence-corrected chi connectivity index (χ1v) is 11.5. The van der Waals surface area contributed by atoms with Gasteiger partial charge in [-0.05, 0) is 25.1 Å². The number of rotatable bonds is 6. The normalized spacial score (nSPS) is 10.9. The van der Waals surface area contributed by atoms with Crippen molar-refractivity contribution in [1.29, 1.82) is 0 Å². The van der Waals surface area contributed by atoms with Crippen LogP contribution in [-0.2, 0) is 9.53 Å². The molecular weight excluding hydrogens is 440 g/mol. The molecule has 0 unspecified atom stereocenters. The molecule has 1 amide bonds. The second-order valence-electron chi connectivity index (χ2n) is 6.63. The third kappa shape index (κ3) is 4.50. The number of aryl methyl sites for hydroxylation is 1. The molecule has 0 radical (unpaired) electrons. The summed E-state index contributed by atoms with van der Waals surface area (Å²) in [6.07, 6.45) is 0. The molecule has 1 aromatic carbocycles. The van der Waals surface area contributed by atoms with Crippen molar-refractivity contribution >= 4 is 66.2 Å². The van der Waals surface area contributed by atoms with E-state index in [0.29, 0.717) is 10.6 Å². The van der Waals surface area contributed by atoms with Crippen molar-refractivity contribution < 1.29 is 14.3 Å². The van der Waals surface area contributed by atoms with Crippen molar-refractivity contribution in [2.75, 3.05) is 30.9 Å². The summed E-state index contributed by atoms with van der Waals surface area (Å²) in [6.45, 7) is 1.59. The van der Waals surface area contributed by atoms with E-state index in [4.69, 9.17) is 4.74 Å². The molecule has 154 valence electrons. The van der Waals surface area contributed by atoms with E-state index in [1.807, 2.05) is 49.5 Å². The average Bonchev–Trinajstić information content (AvgIpc) is 3.41. The molecule has 0 aliphatic carbocycles. The number of thiazole rings is 2. The van der Waals surface area contributed by atoms with E-state index in [1.54, 1.807) is 23.5 Å². The number of aromatic nitrogens is 2. The Balaban J connectivity index is 1.35. The predicted octanol–water partition coefficient (Wildman–Crippen LogP) is 4.65. The molecule has 7 nitrogen and oxygen atoms in total. The molecule has 3 aromatic heterocycles. The molecule has 4 aromatic rings. The molecule has 10 heteroatoms. The van der Waals surface area contributed by atoms with Crippen LogP contribution in [0.25, 0.3) is 20.8 Å². The summed E-state index contributed by atoms with van der Waals surface area (Å²) in [6, 6.07) is 9.16. The highest BCUT2D eigenvalue weighted by molar-refractivity contribution is 7.29. The lowest BCUT2D eigenvalue weighted by Gasteiger charge is -2.07. The number of amides is 1. The maximum absolute atomic E-state index is 12.3. The topological polar surface area (TPSA) is 84.4 Å². The minimum absolute atomic E-state index is 0.360. The summed E-state index contributed by atoms with van der Waals surface area (Å²) in [4.78, 5) is 36.6. The molecule has 0 saturated carbocycles. The Morgan fingerprint density at radius 3 is 2.70 bits per heavy atom. The van der Waals surface area contributed by atoms with Crippen LogP contribution in [-0.4, -0.2) is 42.5 Å². The van der Waals surface area contributed by atoms with Crippen LogP contribution >= 0.6 is 34.0 Å². The lowest BCUT2D eigenvalue weighted by Crippen LogP contribution is -2.20. The minimum Gasteiger partial charge on any atom is -0.451 e. The molecule has 0 atom stereocenters. The standard InChI is InChI=1S/C20H18N4O3S3/c1-11-21-14(10-28-11)12-5-4-6-13(7-12)22-17(25)9-27-19(26)16-8-15-18(29-16)23-20(30-15)24(2)3/h4-8,10H,9H2,1-3H3,(H,22,25). The van der Waals surface area contributed by atoms with Gasteiger partial charge < -0.3 is 15.0 Å². The zero-order valence-corrected chi connectivity index (χ0v) is 18.9. The van der Waals surface area contributed by atoms with Gasteiger partial charge in [0, 0.05) is 30.7 Å². The summed E-state index contributed by atoms with van der Waals surface area (Å²) >= 11 is 4.34. The molecule has 0 fully saturated rings. The first-order chi connectivity index (χ1) is 14.4. The van der Waals surface area contributed by atoms with Gasteiger partial charge in [-0.1, -0.05) is 23.5 Å². The number of esters is 1. The van der Waals surface area contributed by atoms with Crippen molar-refractivity contribution in [2.45, 2.75) is 6.92 Å². The number of nitrogens with zero attached hydrogens (tertiary/aromatic N) is 3. The fourth-order valence-corrected chi connectivity index (χ4v) is 5.32. The Labute approximate surface area is 185 Å². The highest BCUT2D eigenvalue weighted by Gasteiger charge is 2.17. The van der Waals surface area contributed by atoms with Gasteiger partial charge in [0.2, 0.25) is 0 Å². The van der Waals surface area contributed by atoms with Crippen LogP contribution in [0, 0.1) is 6.92 Å². The van der Waals surface area contributed by atoms with Crippen molar-refractivity contribution in [2.24, 2.45) is 0 Å². The lowest BCUT2D eigenvalue weighted by atomic mass is 10.1. The number of carbonyl (C=O) groups is 2. The van der Waals surface area contributed by atoms with Crippen LogP contribution in [0.5, 0.6) is 0 Å². The second kappa shape index (κ2) is 8.50.